The summed E-state index contributed by atoms with van der Waals surface area (Å²) in [5, 5.41) is 13.1. The molecule has 0 atom stereocenters. The molecule has 0 saturated carbocycles. The fourth-order valence-corrected chi connectivity index (χ4v) is 4.07. The summed E-state index contributed by atoms with van der Waals surface area (Å²) in [6.07, 6.45) is 0. The van der Waals surface area contributed by atoms with Gasteiger partial charge in [0.25, 0.3) is 5.89 Å². The quantitative estimate of drug-likeness (QED) is 0.295. The van der Waals surface area contributed by atoms with E-state index in [1.165, 1.54) is 6.92 Å². The molecule has 0 saturated heterocycles. The maximum absolute atomic E-state index is 14.2. The molecule has 1 N–H and O–H groups in total. The van der Waals surface area contributed by atoms with Crippen LogP contribution in [0.15, 0.2) is 59.1 Å². The lowest BCUT2D eigenvalue weighted by Crippen LogP contribution is -2.25. The Bertz CT molecular complexity index is 1410. The predicted molar refractivity (Wildman–Crippen MR) is 137 cm³/mol. The molecule has 4 rings (SSSR count). The number of carboxylic acid groups (broad SMARTS) is 1. The topological polar surface area (TPSA) is 88.7 Å². The smallest absolute Gasteiger partial charge is 0.317 e. The highest BCUT2D eigenvalue weighted by Gasteiger charge is 2.17. The fraction of sp³-hybridized carbons (Fsp3) is 0.222. The van der Waals surface area contributed by atoms with Gasteiger partial charge in [-0.15, -0.1) is 12.4 Å². The zero-order valence-electron chi connectivity index (χ0n) is 20.5. The number of carboxylic acids is 1. The van der Waals surface area contributed by atoms with Gasteiger partial charge in [0.1, 0.15) is 0 Å². The molecule has 194 valence electrons. The third-order valence-corrected chi connectivity index (χ3v) is 5.75. The molecule has 0 amide bonds. The van der Waals surface area contributed by atoms with Gasteiger partial charge in [-0.25, -0.2) is 8.78 Å². The van der Waals surface area contributed by atoms with Crippen LogP contribution < -0.4 is 0 Å². The van der Waals surface area contributed by atoms with E-state index in [-0.39, 0.29) is 31.1 Å². The van der Waals surface area contributed by atoms with Crippen LogP contribution in [0.4, 0.5) is 8.78 Å². The van der Waals surface area contributed by atoms with Crippen molar-refractivity contribution in [1.82, 2.24) is 15.0 Å². The van der Waals surface area contributed by atoms with Gasteiger partial charge in [-0.3, -0.25) is 9.69 Å². The first-order valence-electron chi connectivity index (χ1n) is 11.2. The van der Waals surface area contributed by atoms with E-state index in [1.54, 1.807) is 37.3 Å². The van der Waals surface area contributed by atoms with E-state index in [2.05, 4.69) is 10.1 Å². The zero-order chi connectivity index (χ0) is 25.8. The summed E-state index contributed by atoms with van der Waals surface area (Å²) < 4.78 is 38.7. The second-order valence-electron chi connectivity index (χ2n) is 8.53. The number of carbonyl (C=O) groups is 1. The first kappa shape index (κ1) is 27.9. The molecule has 0 aliphatic carbocycles. The molecule has 0 unspecified atom stereocenters. The SMILES string of the molecule is COCc1cc(-c2nc(-c3cccc(CN(C)CC(=O)O)c3)no2)ccc1-c1ccc(F)c(F)c1C.Cl. The Morgan fingerprint density at radius 2 is 1.84 bits per heavy atom. The Kier molecular flexibility index (Phi) is 9.09. The standard InChI is InChI=1S/C27H25F2N3O4.ClH/c1-16-21(9-10-23(28)25(16)29)22-8-7-19(12-20(22)15-35-3)27-30-26(31-36-27)18-6-4-5-17(11-18)13-32(2)14-24(33)34;/h4-12H,13-15H2,1-3H3,(H,33,34);1H. The predicted octanol–water partition coefficient (Wildman–Crippen LogP) is 5.74. The van der Waals surface area contributed by atoms with Gasteiger partial charge in [-0.05, 0) is 66.1 Å². The molecule has 7 nitrogen and oxygen atoms in total. The summed E-state index contributed by atoms with van der Waals surface area (Å²) in [5.41, 5.74) is 4.57. The summed E-state index contributed by atoms with van der Waals surface area (Å²) in [6.45, 7) is 2.17. The molecule has 4 aromatic rings. The number of aliphatic carboxylic acids is 1. The van der Waals surface area contributed by atoms with Crippen LogP contribution in [0.5, 0.6) is 0 Å². The third kappa shape index (κ3) is 6.37. The lowest BCUT2D eigenvalue weighted by Gasteiger charge is -2.14. The van der Waals surface area contributed by atoms with Gasteiger partial charge in [-0.1, -0.05) is 35.5 Å². The van der Waals surface area contributed by atoms with Crippen LogP contribution in [0.1, 0.15) is 16.7 Å². The largest absolute Gasteiger partial charge is 0.480 e. The van der Waals surface area contributed by atoms with Crippen LogP contribution >= 0.6 is 12.4 Å². The second kappa shape index (κ2) is 12.1. The van der Waals surface area contributed by atoms with Crippen LogP contribution in [0.2, 0.25) is 0 Å². The van der Waals surface area contributed by atoms with Crippen molar-refractivity contribution in [3.63, 3.8) is 0 Å². The monoisotopic (exact) mass is 529 g/mol. The molecular weight excluding hydrogens is 504 g/mol. The second-order valence-corrected chi connectivity index (χ2v) is 8.53. The minimum atomic E-state index is -0.893. The number of benzene rings is 3. The molecule has 1 aromatic heterocycles. The summed E-state index contributed by atoms with van der Waals surface area (Å²) >= 11 is 0. The van der Waals surface area contributed by atoms with Crippen molar-refractivity contribution in [3.05, 3.63) is 82.9 Å². The average molecular weight is 530 g/mol. The Labute approximate surface area is 219 Å². The molecule has 0 aliphatic rings. The van der Waals surface area contributed by atoms with Crippen molar-refractivity contribution in [1.29, 1.82) is 0 Å². The minimum Gasteiger partial charge on any atom is -0.480 e. The summed E-state index contributed by atoms with van der Waals surface area (Å²) in [4.78, 5) is 17.1. The average Bonchev–Trinajstić information content (AvgIpc) is 3.33. The number of methoxy groups -OCH3 is 1. The van der Waals surface area contributed by atoms with E-state index in [0.29, 0.717) is 29.4 Å². The van der Waals surface area contributed by atoms with E-state index in [0.717, 1.165) is 28.3 Å². The number of hydrogen-bond acceptors (Lipinski definition) is 6. The molecule has 0 aliphatic heterocycles. The number of aromatic nitrogens is 2. The summed E-state index contributed by atoms with van der Waals surface area (Å²) in [5.74, 6) is -1.98. The number of nitrogens with zero attached hydrogens (tertiary/aromatic N) is 3. The van der Waals surface area contributed by atoms with Crippen molar-refractivity contribution in [2.75, 3.05) is 20.7 Å². The Hall–Kier alpha value is -3.66. The molecule has 10 heteroatoms. The van der Waals surface area contributed by atoms with E-state index >= 15 is 0 Å². The Morgan fingerprint density at radius 1 is 1.08 bits per heavy atom. The van der Waals surface area contributed by atoms with Gasteiger partial charge < -0.3 is 14.4 Å². The highest BCUT2D eigenvalue weighted by Crippen LogP contribution is 2.33. The molecule has 0 fully saturated rings. The van der Waals surface area contributed by atoms with E-state index in [1.807, 2.05) is 30.3 Å². The van der Waals surface area contributed by atoms with E-state index in [9.17, 15) is 13.6 Å². The minimum absolute atomic E-state index is 0. The maximum atomic E-state index is 14.2. The van der Waals surface area contributed by atoms with Crippen molar-refractivity contribution in [2.24, 2.45) is 0 Å². The van der Waals surface area contributed by atoms with Gasteiger partial charge in [0, 0.05) is 24.8 Å². The molecule has 1 heterocycles. The first-order chi connectivity index (χ1) is 17.3. The van der Waals surface area contributed by atoms with Crippen molar-refractivity contribution < 1.29 is 27.9 Å². The third-order valence-electron chi connectivity index (χ3n) is 5.75. The highest BCUT2D eigenvalue weighted by atomic mass is 35.5. The van der Waals surface area contributed by atoms with Crippen LogP contribution in [0.3, 0.4) is 0 Å². The van der Waals surface area contributed by atoms with Gasteiger partial charge in [0.2, 0.25) is 5.82 Å². The number of hydrogen-bond donors (Lipinski definition) is 1. The molecule has 0 radical (unpaired) electrons. The number of halogens is 3. The van der Waals surface area contributed by atoms with Crippen molar-refractivity contribution >= 4 is 18.4 Å². The molecule has 3 aromatic carbocycles. The lowest BCUT2D eigenvalue weighted by molar-refractivity contribution is -0.138. The number of rotatable bonds is 9. The zero-order valence-corrected chi connectivity index (χ0v) is 21.3. The Morgan fingerprint density at radius 3 is 2.57 bits per heavy atom. The molecular formula is C27H26ClF2N3O4. The van der Waals surface area contributed by atoms with Gasteiger partial charge >= 0.3 is 5.97 Å². The van der Waals surface area contributed by atoms with Crippen LogP contribution in [-0.2, 0) is 22.7 Å². The molecule has 0 spiro atoms. The van der Waals surface area contributed by atoms with Crippen LogP contribution in [0.25, 0.3) is 34.0 Å². The highest BCUT2D eigenvalue weighted by molar-refractivity contribution is 5.85. The van der Waals surface area contributed by atoms with Gasteiger partial charge in [-0.2, -0.15) is 4.98 Å². The lowest BCUT2D eigenvalue weighted by atomic mass is 9.94. The Balaban J connectivity index is 0.00000380. The summed E-state index contributed by atoms with van der Waals surface area (Å²) in [6, 6.07) is 15.6. The summed E-state index contributed by atoms with van der Waals surface area (Å²) in [7, 11) is 3.29. The number of ether oxygens (including phenoxy) is 1. The van der Waals surface area contributed by atoms with Crippen LogP contribution in [-0.4, -0.2) is 46.8 Å². The molecule has 0 bridgehead atoms. The normalized spacial score (nSPS) is 11.0. The fourth-order valence-electron chi connectivity index (χ4n) is 4.07. The molecule has 37 heavy (non-hydrogen) atoms. The van der Waals surface area contributed by atoms with Gasteiger partial charge in [0.15, 0.2) is 11.6 Å². The van der Waals surface area contributed by atoms with E-state index < -0.39 is 17.6 Å². The van der Waals surface area contributed by atoms with Crippen molar-refractivity contribution in [2.45, 2.75) is 20.1 Å². The first-order valence-corrected chi connectivity index (χ1v) is 11.2. The maximum Gasteiger partial charge on any atom is 0.317 e. The van der Waals surface area contributed by atoms with E-state index in [4.69, 9.17) is 14.4 Å². The van der Waals surface area contributed by atoms with Gasteiger partial charge in [0.05, 0.1) is 13.2 Å². The van der Waals surface area contributed by atoms with Crippen LogP contribution in [0, 0.1) is 18.6 Å². The van der Waals surface area contributed by atoms with Crippen molar-refractivity contribution in [3.8, 4) is 34.0 Å². The number of likely N-dealkylation sites (N-methyl/N-ethyl adjacent to an activating group) is 1.